The maximum atomic E-state index is 5.30. The zero-order valence-corrected chi connectivity index (χ0v) is 10.8. The van der Waals surface area contributed by atoms with Crippen LogP contribution in [0.4, 0.5) is 0 Å². The Hall–Kier alpha value is -1.36. The van der Waals surface area contributed by atoms with Crippen LogP contribution in [0, 0.1) is 4.77 Å². The van der Waals surface area contributed by atoms with Gasteiger partial charge in [0.1, 0.15) is 0 Å². The number of rotatable bonds is 1. The monoisotopic (exact) mass is 236 g/mol. The van der Waals surface area contributed by atoms with Gasteiger partial charge in [-0.15, -0.1) is 0 Å². The second kappa shape index (κ2) is 3.59. The topological polar surface area (TPSA) is 38.5 Å². The molecule has 0 saturated carbocycles. The molecule has 0 aliphatic rings. The van der Waals surface area contributed by atoms with E-state index in [-0.39, 0.29) is 5.41 Å². The number of aryl methyl sites for hydroxylation is 1. The molecule has 5 heteroatoms. The Morgan fingerprint density at radius 1 is 1.38 bits per heavy atom. The molecular formula is C11H16N4S. The van der Waals surface area contributed by atoms with Crippen molar-refractivity contribution in [1.82, 2.24) is 19.3 Å². The van der Waals surface area contributed by atoms with Crippen molar-refractivity contribution in [3.8, 4) is 5.69 Å². The Morgan fingerprint density at radius 2 is 2.06 bits per heavy atom. The maximum absolute atomic E-state index is 5.30. The normalized spacial score (nSPS) is 12.0. The second-order valence-electron chi connectivity index (χ2n) is 4.94. The Balaban J connectivity index is 2.65. The van der Waals surface area contributed by atoms with Crippen molar-refractivity contribution in [2.24, 2.45) is 7.05 Å². The van der Waals surface area contributed by atoms with E-state index in [2.05, 4.69) is 30.9 Å². The van der Waals surface area contributed by atoms with E-state index in [9.17, 15) is 0 Å². The fourth-order valence-corrected chi connectivity index (χ4v) is 1.96. The van der Waals surface area contributed by atoms with Gasteiger partial charge in [0.05, 0.1) is 11.9 Å². The van der Waals surface area contributed by atoms with Crippen LogP contribution in [0.3, 0.4) is 0 Å². The SMILES string of the molecule is Cn1cc(-n2c(C(C)(C)C)c[nH]c2=S)cn1. The van der Waals surface area contributed by atoms with Crippen LogP contribution < -0.4 is 0 Å². The Labute approximate surface area is 99.9 Å². The zero-order valence-electron chi connectivity index (χ0n) is 9.98. The summed E-state index contributed by atoms with van der Waals surface area (Å²) in [5.74, 6) is 0. The highest BCUT2D eigenvalue weighted by atomic mass is 32.1. The van der Waals surface area contributed by atoms with Gasteiger partial charge in [-0.2, -0.15) is 5.10 Å². The summed E-state index contributed by atoms with van der Waals surface area (Å²) in [6, 6.07) is 0. The minimum absolute atomic E-state index is 0.0450. The van der Waals surface area contributed by atoms with E-state index in [1.54, 1.807) is 4.68 Å². The number of hydrogen-bond acceptors (Lipinski definition) is 2. The molecule has 0 aromatic carbocycles. The van der Waals surface area contributed by atoms with Gasteiger partial charge < -0.3 is 4.98 Å². The number of H-pyrrole nitrogens is 1. The molecule has 0 fully saturated rings. The third-order valence-electron chi connectivity index (χ3n) is 2.49. The molecule has 0 radical (unpaired) electrons. The van der Waals surface area contributed by atoms with Gasteiger partial charge in [0.15, 0.2) is 4.77 Å². The number of imidazole rings is 1. The molecule has 0 saturated heterocycles. The van der Waals surface area contributed by atoms with Crippen LogP contribution in [-0.2, 0) is 12.5 Å². The average molecular weight is 236 g/mol. The van der Waals surface area contributed by atoms with Gasteiger partial charge in [-0.3, -0.25) is 9.25 Å². The van der Waals surface area contributed by atoms with Crippen molar-refractivity contribution in [3.63, 3.8) is 0 Å². The molecule has 4 nitrogen and oxygen atoms in total. The maximum Gasteiger partial charge on any atom is 0.182 e. The molecule has 0 spiro atoms. The van der Waals surface area contributed by atoms with Crippen LogP contribution in [-0.4, -0.2) is 19.3 Å². The van der Waals surface area contributed by atoms with Crippen LogP contribution in [0.25, 0.3) is 5.69 Å². The number of nitrogens with zero attached hydrogens (tertiary/aromatic N) is 3. The molecular weight excluding hydrogens is 220 g/mol. The second-order valence-corrected chi connectivity index (χ2v) is 5.32. The summed E-state index contributed by atoms with van der Waals surface area (Å²) >= 11 is 5.30. The first-order valence-corrected chi connectivity index (χ1v) is 5.60. The highest BCUT2D eigenvalue weighted by Crippen LogP contribution is 2.24. The van der Waals surface area contributed by atoms with Crippen molar-refractivity contribution < 1.29 is 0 Å². The van der Waals surface area contributed by atoms with Gasteiger partial charge in [-0.25, -0.2) is 0 Å². The predicted octanol–water partition coefficient (Wildman–Crippen LogP) is 2.57. The molecule has 0 amide bonds. The third kappa shape index (κ3) is 1.82. The largest absolute Gasteiger partial charge is 0.337 e. The zero-order chi connectivity index (χ0) is 11.9. The number of aromatic nitrogens is 4. The van der Waals surface area contributed by atoms with E-state index in [1.807, 2.05) is 30.2 Å². The van der Waals surface area contributed by atoms with Crippen LogP contribution in [0.1, 0.15) is 26.5 Å². The smallest absolute Gasteiger partial charge is 0.182 e. The van der Waals surface area contributed by atoms with Crippen molar-refractivity contribution in [2.45, 2.75) is 26.2 Å². The van der Waals surface area contributed by atoms with Gasteiger partial charge in [-0.1, -0.05) is 20.8 Å². The fourth-order valence-electron chi connectivity index (χ4n) is 1.70. The van der Waals surface area contributed by atoms with Gasteiger partial charge in [-0.05, 0) is 12.2 Å². The molecule has 2 aromatic heterocycles. The summed E-state index contributed by atoms with van der Waals surface area (Å²) in [5, 5.41) is 4.17. The minimum Gasteiger partial charge on any atom is -0.337 e. The van der Waals surface area contributed by atoms with Crippen LogP contribution in [0.15, 0.2) is 18.6 Å². The standard InChI is InChI=1S/C11H16N4S/c1-11(2,3)9-6-12-10(16)15(9)8-5-13-14(4)7-8/h5-7H,1-4H3,(H,12,16). The minimum atomic E-state index is 0.0450. The van der Waals surface area contributed by atoms with Gasteiger partial charge in [0, 0.05) is 30.6 Å². The lowest BCUT2D eigenvalue weighted by Crippen LogP contribution is -2.16. The van der Waals surface area contributed by atoms with Crippen LogP contribution in [0.5, 0.6) is 0 Å². The summed E-state index contributed by atoms with van der Waals surface area (Å²) in [5.41, 5.74) is 2.20. The lowest BCUT2D eigenvalue weighted by Gasteiger charge is -2.19. The Morgan fingerprint density at radius 3 is 2.56 bits per heavy atom. The number of nitrogens with one attached hydrogen (secondary N) is 1. The Bertz CT molecular complexity index is 553. The van der Waals surface area contributed by atoms with E-state index in [0.717, 1.165) is 11.4 Å². The Kier molecular flexibility index (Phi) is 2.50. The van der Waals surface area contributed by atoms with Crippen LogP contribution in [0.2, 0.25) is 0 Å². The van der Waals surface area contributed by atoms with Crippen molar-refractivity contribution in [3.05, 3.63) is 29.1 Å². The molecule has 16 heavy (non-hydrogen) atoms. The highest BCUT2D eigenvalue weighted by molar-refractivity contribution is 7.71. The third-order valence-corrected chi connectivity index (χ3v) is 2.79. The molecule has 2 rings (SSSR count). The van der Waals surface area contributed by atoms with E-state index in [0.29, 0.717) is 4.77 Å². The lowest BCUT2D eigenvalue weighted by molar-refractivity contribution is 0.555. The van der Waals surface area contributed by atoms with Gasteiger partial charge in [0.2, 0.25) is 0 Å². The van der Waals surface area contributed by atoms with Crippen molar-refractivity contribution >= 4 is 12.2 Å². The van der Waals surface area contributed by atoms with E-state index >= 15 is 0 Å². The summed E-state index contributed by atoms with van der Waals surface area (Å²) < 4.78 is 4.51. The molecule has 0 aliphatic heterocycles. The summed E-state index contributed by atoms with van der Waals surface area (Å²) in [6.07, 6.45) is 5.74. The first kappa shape index (κ1) is 11.1. The highest BCUT2D eigenvalue weighted by Gasteiger charge is 2.20. The van der Waals surface area contributed by atoms with E-state index in [1.165, 1.54) is 0 Å². The average Bonchev–Trinajstić information content (AvgIpc) is 2.70. The van der Waals surface area contributed by atoms with E-state index in [4.69, 9.17) is 12.2 Å². The summed E-state index contributed by atoms with van der Waals surface area (Å²) in [7, 11) is 1.90. The number of aromatic amines is 1. The van der Waals surface area contributed by atoms with Gasteiger partial charge in [0.25, 0.3) is 0 Å². The molecule has 0 unspecified atom stereocenters. The molecule has 86 valence electrons. The predicted molar refractivity (Wildman–Crippen MR) is 66.4 cm³/mol. The first-order valence-electron chi connectivity index (χ1n) is 5.19. The van der Waals surface area contributed by atoms with Crippen LogP contribution >= 0.6 is 12.2 Å². The first-order chi connectivity index (χ1) is 7.39. The quantitative estimate of drug-likeness (QED) is 0.773. The lowest BCUT2D eigenvalue weighted by atomic mass is 9.92. The fraction of sp³-hybridized carbons (Fsp3) is 0.455. The van der Waals surface area contributed by atoms with Crippen molar-refractivity contribution in [2.75, 3.05) is 0 Å². The molecule has 0 aliphatic carbocycles. The van der Waals surface area contributed by atoms with Crippen molar-refractivity contribution in [1.29, 1.82) is 0 Å². The number of hydrogen-bond donors (Lipinski definition) is 1. The molecule has 2 aromatic rings. The molecule has 0 bridgehead atoms. The summed E-state index contributed by atoms with van der Waals surface area (Å²) in [6.45, 7) is 6.49. The van der Waals surface area contributed by atoms with E-state index < -0.39 is 0 Å². The molecule has 1 N–H and O–H groups in total. The van der Waals surface area contributed by atoms with Gasteiger partial charge >= 0.3 is 0 Å². The molecule has 2 heterocycles. The molecule has 0 atom stereocenters. The summed E-state index contributed by atoms with van der Waals surface area (Å²) in [4.78, 5) is 3.09.